The van der Waals surface area contributed by atoms with Crippen LogP contribution in [-0.2, 0) is 0 Å². The Labute approximate surface area is 217 Å². The third kappa shape index (κ3) is 2.78. The molecule has 2 aliphatic carbocycles. The maximum atomic E-state index is 13.3. The molecule has 0 fully saturated rings. The molecular weight excluding hydrogens is 472 g/mol. The molecule has 0 aliphatic heterocycles. The number of benzene rings is 6. The second kappa shape index (κ2) is 7.52. The summed E-state index contributed by atoms with van der Waals surface area (Å²) in [4.78, 5) is 28.9. The van der Waals surface area contributed by atoms with E-state index < -0.39 is 0 Å². The summed E-state index contributed by atoms with van der Waals surface area (Å²) >= 11 is 1.69. The van der Waals surface area contributed by atoms with E-state index in [-0.39, 0.29) is 11.6 Å². The van der Waals surface area contributed by atoms with Crippen LogP contribution < -0.4 is 0 Å². The lowest BCUT2D eigenvalue weighted by Crippen LogP contribution is -2.10. The largest absolute Gasteiger partial charge is 0.289 e. The van der Waals surface area contributed by atoms with Gasteiger partial charge in [0.05, 0.1) is 0 Å². The van der Waals surface area contributed by atoms with Crippen molar-refractivity contribution in [1.82, 2.24) is 0 Å². The molecule has 6 aromatic carbocycles. The molecule has 0 radical (unpaired) electrons. The van der Waals surface area contributed by atoms with Crippen molar-refractivity contribution in [2.45, 2.75) is 9.79 Å². The van der Waals surface area contributed by atoms with Crippen molar-refractivity contribution >= 4 is 44.9 Å². The van der Waals surface area contributed by atoms with Crippen molar-refractivity contribution in [3.8, 4) is 22.3 Å². The highest BCUT2D eigenvalue weighted by Gasteiger charge is 2.27. The van der Waals surface area contributed by atoms with Crippen molar-refractivity contribution in [2.75, 3.05) is 0 Å². The fraction of sp³-hybridized carbons (Fsp3) is 0. The summed E-state index contributed by atoms with van der Waals surface area (Å²) in [6, 6.07) is 36.4. The highest BCUT2D eigenvalue weighted by Crippen LogP contribution is 2.47. The average molecular weight is 491 g/mol. The number of fused-ring (bicyclic) bond motifs is 4. The summed E-state index contributed by atoms with van der Waals surface area (Å²) in [6.07, 6.45) is 0. The summed E-state index contributed by atoms with van der Waals surface area (Å²) in [5.41, 5.74) is 7.22. The van der Waals surface area contributed by atoms with E-state index in [1.807, 2.05) is 72.8 Å². The van der Waals surface area contributed by atoms with Crippen LogP contribution in [0.1, 0.15) is 31.8 Å². The van der Waals surface area contributed by atoms with Crippen LogP contribution >= 0.6 is 11.8 Å². The van der Waals surface area contributed by atoms with E-state index in [9.17, 15) is 9.59 Å². The molecule has 172 valence electrons. The lowest BCUT2D eigenvalue weighted by Gasteiger charge is -2.22. The molecule has 0 atom stereocenters. The molecule has 0 unspecified atom stereocenters. The molecule has 37 heavy (non-hydrogen) atoms. The van der Waals surface area contributed by atoms with Crippen LogP contribution in [0.25, 0.3) is 43.8 Å². The maximum Gasteiger partial charge on any atom is 0.194 e. The van der Waals surface area contributed by atoms with Crippen LogP contribution in [0.15, 0.2) is 119 Å². The number of rotatable bonds is 2. The molecule has 0 amide bonds. The standard InChI is InChI=1S/C34H18O2S/c35-33-23-9-3-1-7-19(23)21-15-17-29(25-11-5-13-27(33)31(21)25)37-30-18-16-22-20-8-2-4-10-24(20)34(36)28-14-6-12-26(30)32(22)28/h1-18H. The van der Waals surface area contributed by atoms with Crippen molar-refractivity contribution < 1.29 is 9.59 Å². The van der Waals surface area contributed by atoms with E-state index in [0.29, 0.717) is 0 Å². The molecule has 0 N–H and O–H groups in total. The highest BCUT2D eigenvalue weighted by molar-refractivity contribution is 7.99. The Kier molecular flexibility index (Phi) is 4.20. The zero-order chi connectivity index (χ0) is 24.7. The zero-order valence-electron chi connectivity index (χ0n) is 19.6. The summed E-state index contributed by atoms with van der Waals surface area (Å²) in [5.74, 6) is 0.157. The van der Waals surface area contributed by atoms with Crippen LogP contribution in [0.3, 0.4) is 0 Å². The Balaban J connectivity index is 1.34. The SMILES string of the molecule is O=C1c2ccccc2-c2ccc(Sc3ccc4c5c(cccc35)C(=O)c3ccccc3-4)c3cccc1c23. The van der Waals surface area contributed by atoms with Crippen molar-refractivity contribution in [1.29, 1.82) is 0 Å². The molecule has 0 spiro atoms. The molecule has 3 heteroatoms. The molecule has 2 nitrogen and oxygen atoms in total. The number of hydrogen-bond donors (Lipinski definition) is 0. The van der Waals surface area contributed by atoms with Crippen LogP contribution in [0.2, 0.25) is 0 Å². The van der Waals surface area contributed by atoms with Crippen molar-refractivity contribution in [3.05, 3.63) is 131 Å². The predicted molar refractivity (Wildman–Crippen MR) is 150 cm³/mol. The first-order valence-corrected chi connectivity index (χ1v) is 13.1. The fourth-order valence-electron chi connectivity index (χ4n) is 6.01. The smallest absolute Gasteiger partial charge is 0.194 e. The molecule has 0 saturated carbocycles. The van der Waals surface area contributed by atoms with E-state index in [4.69, 9.17) is 0 Å². The number of carbonyl (C=O) groups excluding carboxylic acids is 2. The first-order chi connectivity index (χ1) is 18.2. The Morgan fingerprint density at radius 2 is 0.757 bits per heavy atom. The summed E-state index contributed by atoms with van der Waals surface area (Å²) in [7, 11) is 0. The minimum Gasteiger partial charge on any atom is -0.289 e. The highest BCUT2D eigenvalue weighted by atomic mass is 32.2. The second-order valence-electron chi connectivity index (χ2n) is 9.53. The van der Waals surface area contributed by atoms with Gasteiger partial charge in [0, 0.05) is 42.8 Å². The lowest BCUT2D eigenvalue weighted by molar-refractivity contribution is 0.103. The molecule has 2 aliphatic rings. The first kappa shape index (κ1) is 20.7. The second-order valence-corrected chi connectivity index (χ2v) is 10.6. The van der Waals surface area contributed by atoms with Gasteiger partial charge in [0.2, 0.25) is 0 Å². The van der Waals surface area contributed by atoms with E-state index in [0.717, 1.165) is 75.8 Å². The Morgan fingerprint density at radius 1 is 0.351 bits per heavy atom. The van der Waals surface area contributed by atoms with Gasteiger partial charge in [-0.2, -0.15) is 0 Å². The molecule has 6 aromatic rings. The van der Waals surface area contributed by atoms with E-state index in [1.54, 1.807) is 11.8 Å². The van der Waals surface area contributed by atoms with Gasteiger partial charge in [-0.15, -0.1) is 0 Å². The fourth-order valence-corrected chi connectivity index (χ4v) is 7.08. The summed E-state index contributed by atoms with van der Waals surface area (Å²) in [6.45, 7) is 0. The van der Waals surface area contributed by atoms with Crippen LogP contribution in [0, 0.1) is 0 Å². The first-order valence-electron chi connectivity index (χ1n) is 12.3. The van der Waals surface area contributed by atoms with Crippen LogP contribution in [0.4, 0.5) is 0 Å². The molecule has 0 heterocycles. The summed E-state index contributed by atoms with van der Waals surface area (Å²) in [5, 5.41) is 4.18. The normalized spacial score (nSPS) is 13.1. The van der Waals surface area contributed by atoms with Crippen molar-refractivity contribution in [2.24, 2.45) is 0 Å². The Hall–Kier alpha value is -4.47. The van der Waals surface area contributed by atoms with Gasteiger partial charge in [-0.3, -0.25) is 9.59 Å². The molecule has 0 bridgehead atoms. The number of ketones is 2. The van der Waals surface area contributed by atoms with E-state index >= 15 is 0 Å². The molecule has 8 rings (SSSR count). The molecule has 0 saturated heterocycles. The van der Waals surface area contributed by atoms with Gasteiger partial charge in [-0.25, -0.2) is 0 Å². The summed E-state index contributed by atoms with van der Waals surface area (Å²) < 4.78 is 0. The Morgan fingerprint density at radius 3 is 1.22 bits per heavy atom. The van der Waals surface area contributed by atoms with Crippen LogP contribution in [-0.4, -0.2) is 11.6 Å². The van der Waals surface area contributed by atoms with Gasteiger partial charge in [-0.1, -0.05) is 109 Å². The lowest BCUT2D eigenvalue weighted by atomic mass is 9.83. The third-order valence-corrected chi connectivity index (χ3v) is 8.79. The molecular formula is C34H18O2S. The number of carbonyl (C=O) groups is 2. The topological polar surface area (TPSA) is 34.1 Å². The van der Waals surface area contributed by atoms with E-state index in [1.165, 1.54) is 0 Å². The van der Waals surface area contributed by atoms with Gasteiger partial charge in [0.15, 0.2) is 11.6 Å². The van der Waals surface area contributed by atoms with Gasteiger partial charge in [0.1, 0.15) is 0 Å². The van der Waals surface area contributed by atoms with E-state index in [2.05, 4.69) is 36.4 Å². The Bertz CT molecular complexity index is 1860. The van der Waals surface area contributed by atoms with Gasteiger partial charge in [0.25, 0.3) is 0 Å². The maximum absolute atomic E-state index is 13.3. The van der Waals surface area contributed by atoms with Crippen LogP contribution in [0.5, 0.6) is 0 Å². The minimum atomic E-state index is 0.0783. The van der Waals surface area contributed by atoms with Gasteiger partial charge < -0.3 is 0 Å². The quantitative estimate of drug-likeness (QED) is 0.243. The monoisotopic (exact) mass is 490 g/mol. The number of hydrogen-bond acceptors (Lipinski definition) is 3. The van der Waals surface area contributed by atoms with Crippen molar-refractivity contribution in [3.63, 3.8) is 0 Å². The minimum absolute atomic E-state index is 0.0783. The predicted octanol–water partition coefficient (Wildman–Crippen LogP) is 8.57. The molecule has 0 aromatic heterocycles. The average Bonchev–Trinajstić information content (AvgIpc) is 2.95. The third-order valence-electron chi connectivity index (χ3n) is 7.63. The zero-order valence-corrected chi connectivity index (χ0v) is 20.4. The van der Waals surface area contributed by atoms with Gasteiger partial charge >= 0.3 is 0 Å². The van der Waals surface area contributed by atoms with Gasteiger partial charge in [-0.05, 0) is 45.2 Å².